The maximum Gasteiger partial charge on any atom is 0.311 e. The molecule has 6 nitrogen and oxygen atoms in total. The van der Waals surface area contributed by atoms with Crippen molar-refractivity contribution in [3.63, 3.8) is 0 Å². The van der Waals surface area contributed by atoms with E-state index in [4.69, 9.17) is 17.3 Å². The van der Waals surface area contributed by atoms with Crippen LogP contribution in [0.2, 0.25) is 0 Å². The molecule has 0 aromatic heterocycles. The van der Waals surface area contributed by atoms with Crippen molar-refractivity contribution < 1.29 is 14.4 Å². The zero-order valence-electron chi connectivity index (χ0n) is 9.45. The number of hydrogen-bond acceptors (Lipinski definition) is 3. The molecule has 1 saturated heterocycles. The van der Waals surface area contributed by atoms with Crippen LogP contribution in [0.5, 0.6) is 0 Å². The minimum Gasteiger partial charge on any atom is -0.369 e. The summed E-state index contributed by atoms with van der Waals surface area (Å²) in [6.07, 6.45) is 1.04. The van der Waals surface area contributed by atoms with E-state index < -0.39 is 11.8 Å². The van der Waals surface area contributed by atoms with Crippen LogP contribution in [-0.4, -0.2) is 48.1 Å². The second-order valence-corrected chi connectivity index (χ2v) is 4.29. The van der Waals surface area contributed by atoms with E-state index in [9.17, 15) is 14.4 Å². The topological polar surface area (TPSA) is 92.5 Å². The minimum absolute atomic E-state index is 0.190. The molecule has 0 radical (unpaired) electrons. The Hall–Kier alpha value is -1.30. The number of likely N-dealkylation sites (tertiary alicyclic amines) is 1. The summed E-state index contributed by atoms with van der Waals surface area (Å²) in [5.74, 6) is -1.49. The molecule has 96 valence electrons. The second kappa shape index (κ2) is 6.44. The Morgan fingerprint density at radius 1 is 1.29 bits per heavy atom. The lowest BCUT2D eigenvalue weighted by molar-refractivity contribution is -0.147. The second-order valence-electron chi connectivity index (χ2n) is 3.91. The number of amides is 3. The van der Waals surface area contributed by atoms with Crippen LogP contribution >= 0.6 is 11.6 Å². The van der Waals surface area contributed by atoms with Crippen molar-refractivity contribution >= 4 is 29.3 Å². The molecule has 1 fully saturated rings. The Morgan fingerprint density at radius 2 is 1.88 bits per heavy atom. The molecule has 1 heterocycles. The number of nitrogens with one attached hydrogen (secondary N) is 1. The van der Waals surface area contributed by atoms with E-state index in [0.29, 0.717) is 25.9 Å². The van der Waals surface area contributed by atoms with E-state index in [1.807, 2.05) is 0 Å². The van der Waals surface area contributed by atoms with Gasteiger partial charge in [0.1, 0.15) is 0 Å². The molecule has 0 aliphatic carbocycles. The first kappa shape index (κ1) is 13.8. The van der Waals surface area contributed by atoms with E-state index in [1.54, 1.807) is 0 Å². The number of carbonyl (C=O) groups is 3. The van der Waals surface area contributed by atoms with Crippen molar-refractivity contribution in [2.75, 3.05) is 25.5 Å². The first-order chi connectivity index (χ1) is 8.06. The quantitative estimate of drug-likeness (QED) is 0.508. The fraction of sp³-hybridized carbons (Fsp3) is 0.700. The average molecular weight is 262 g/mol. The molecule has 0 saturated carbocycles. The smallest absolute Gasteiger partial charge is 0.311 e. The lowest BCUT2D eigenvalue weighted by Crippen LogP contribution is -2.48. The highest BCUT2D eigenvalue weighted by molar-refractivity contribution is 6.35. The Balaban J connectivity index is 2.40. The number of carbonyl (C=O) groups excluding carboxylic acids is 3. The van der Waals surface area contributed by atoms with E-state index in [-0.39, 0.29) is 24.2 Å². The monoisotopic (exact) mass is 261 g/mol. The fourth-order valence-corrected chi connectivity index (χ4v) is 1.84. The van der Waals surface area contributed by atoms with Crippen LogP contribution in [0.25, 0.3) is 0 Å². The standard InChI is InChI=1S/C10H16ClN3O3/c11-3-4-13-9(16)10(17)14-5-1-7(2-6-14)8(12)15/h7H,1-6H2,(H2,12,15)(H,13,16). The highest BCUT2D eigenvalue weighted by Gasteiger charge is 2.28. The molecule has 7 heteroatoms. The summed E-state index contributed by atoms with van der Waals surface area (Å²) in [6.45, 7) is 1.05. The molecule has 1 aliphatic heterocycles. The third kappa shape index (κ3) is 3.89. The van der Waals surface area contributed by atoms with Crippen molar-refractivity contribution in [1.29, 1.82) is 0 Å². The number of nitrogens with two attached hydrogens (primary N) is 1. The van der Waals surface area contributed by atoms with Crippen molar-refractivity contribution in [1.82, 2.24) is 10.2 Å². The van der Waals surface area contributed by atoms with Gasteiger partial charge in [-0.2, -0.15) is 0 Å². The molecular formula is C10H16ClN3O3. The number of piperidine rings is 1. The first-order valence-corrected chi connectivity index (χ1v) is 6.02. The van der Waals surface area contributed by atoms with Gasteiger partial charge in [0.25, 0.3) is 0 Å². The molecule has 0 aromatic carbocycles. The highest BCUT2D eigenvalue weighted by atomic mass is 35.5. The van der Waals surface area contributed by atoms with Gasteiger partial charge in [0.2, 0.25) is 5.91 Å². The van der Waals surface area contributed by atoms with Crippen LogP contribution in [0, 0.1) is 5.92 Å². The maximum absolute atomic E-state index is 11.6. The third-order valence-electron chi connectivity index (χ3n) is 2.76. The molecule has 0 unspecified atom stereocenters. The Kier molecular flexibility index (Phi) is 5.21. The van der Waals surface area contributed by atoms with Crippen LogP contribution in [0.3, 0.4) is 0 Å². The van der Waals surface area contributed by atoms with Crippen LogP contribution in [0.1, 0.15) is 12.8 Å². The molecule has 0 aromatic rings. The molecule has 0 bridgehead atoms. The summed E-state index contributed by atoms with van der Waals surface area (Å²) >= 11 is 5.40. The fourth-order valence-electron chi connectivity index (χ4n) is 1.75. The van der Waals surface area contributed by atoms with Gasteiger partial charge < -0.3 is 16.0 Å². The predicted molar refractivity (Wildman–Crippen MR) is 62.2 cm³/mol. The van der Waals surface area contributed by atoms with Gasteiger partial charge >= 0.3 is 11.8 Å². The number of primary amides is 1. The first-order valence-electron chi connectivity index (χ1n) is 5.48. The lowest BCUT2D eigenvalue weighted by atomic mass is 9.96. The zero-order valence-corrected chi connectivity index (χ0v) is 10.2. The normalized spacial score (nSPS) is 16.6. The molecule has 17 heavy (non-hydrogen) atoms. The molecule has 0 spiro atoms. The van der Waals surface area contributed by atoms with Crippen LogP contribution in [0.4, 0.5) is 0 Å². The SMILES string of the molecule is NC(=O)C1CCN(C(=O)C(=O)NCCCl)CC1. The zero-order chi connectivity index (χ0) is 12.8. The van der Waals surface area contributed by atoms with Gasteiger partial charge in [0, 0.05) is 31.4 Å². The van der Waals surface area contributed by atoms with E-state index in [2.05, 4.69) is 5.32 Å². The lowest BCUT2D eigenvalue weighted by Gasteiger charge is -2.29. The highest BCUT2D eigenvalue weighted by Crippen LogP contribution is 2.16. The minimum atomic E-state index is -0.650. The maximum atomic E-state index is 11.6. The van der Waals surface area contributed by atoms with Gasteiger partial charge in [0.05, 0.1) is 0 Å². The van der Waals surface area contributed by atoms with E-state index in [1.165, 1.54) is 4.90 Å². The predicted octanol–water partition coefficient (Wildman–Crippen LogP) is -0.935. The number of hydrogen-bond donors (Lipinski definition) is 2. The van der Waals surface area contributed by atoms with Crippen LogP contribution in [0.15, 0.2) is 0 Å². The number of rotatable bonds is 3. The molecule has 0 atom stereocenters. The molecule has 1 rings (SSSR count). The largest absolute Gasteiger partial charge is 0.369 e. The number of nitrogens with zero attached hydrogens (tertiary/aromatic N) is 1. The van der Waals surface area contributed by atoms with Crippen molar-refractivity contribution in [3.8, 4) is 0 Å². The van der Waals surface area contributed by atoms with Gasteiger partial charge in [-0.25, -0.2) is 0 Å². The number of halogens is 1. The van der Waals surface area contributed by atoms with E-state index >= 15 is 0 Å². The summed E-state index contributed by atoms with van der Waals surface area (Å²) < 4.78 is 0. The van der Waals surface area contributed by atoms with Gasteiger partial charge in [-0.1, -0.05) is 0 Å². The summed E-state index contributed by atoms with van der Waals surface area (Å²) in [6, 6.07) is 0. The number of alkyl halides is 1. The van der Waals surface area contributed by atoms with Crippen molar-refractivity contribution in [3.05, 3.63) is 0 Å². The van der Waals surface area contributed by atoms with Crippen molar-refractivity contribution in [2.45, 2.75) is 12.8 Å². The molecular weight excluding hydrogens is 246 g/mol. The van der Waals surface area contributed by atoms with Gasteiger partial charge in [-0.3, -0.25) is 14.4 Å². The van der Waals surface area contributed by atoms with Gasteiger partial charge in [-0.15, -0.1) is 11.6 Å². The summed E-state index contributed by atoms with van der Waals surface area (Å²) in [7, 11) is 0. The van der Waals surface area contributed by atoms with Gasteiger partial charge in [-0.05, 0) is 12.8 Å². The average Bonchev–Trinajstić information content (AvgIpc) is 2.35. The van der Waals surface area contributed by atoms with Gasteiger partial charge in [0.15, 0.2) is 0 Å². The van der Waals surface area contributed by atoms with E-state index in [0.717, 1.165) is 0 Å². The van der Waals surface area contributed by atoms with Crippen LogP contribution in [-0.2, 0) is 14.4 Å². The summed E-state index contributed by atoms with van der Waals surface area (Å²) in [5, 5.41) is 2.41. The molecule has 1 aliphatic rings. The Morgan fingerprint density at radius 3 is 2.35 bits per heavy atom. The molecule has 3 amide bonds. The van der Waals surface area contributed by atoms with Crippen molar-refractivity contribution in [2.24, 2.45) is 11.7 Å². The summed E-state index contributed by atoms with van der Waals surface area (Å²) in [5.41, 5.74) is 5.18. The van der Waals surface area contributed by atoms with Crippen LogP contribution < -0.4 is 11.1 Å². The summed E-state index contributed by atoms with van der Waals surface area (Å²) in [4.78, 5) is 35.4. The Labute approximate surface area is 104 Å². The molecule has 3 N–H and O–H groups in total. The Bertz CT molecular complexity index is 314. The third-order valence-corrected chi connectivity index (χ3v) is 2.95.